The summed E-state index contributed by atoms with van der Waals surface area (Å²) in [6.07, 6.45) is 2.65. The third kappa shape index (κ3) is 2.68. The molecule has 0 radical (unpaired) electrons. The molecule has 0 saturated carbocycles. The molecule has 0 aromatic carbocycles. The largest absolute Gasteiger partial charge is 0.467 e. The van der Waals surface area contributed by atoms with Gasteiger partial charge in [0.05, 0.1) is 12.5 Å². The number of rotatable bonds is 4. The van der Waals surface area contributed by atoms with Crippen molar-refractivity contribution in [3.8, 4) is 0 Å². The van der Waals surface area contributed by atoms with Crippen molar-refractivity contribution in [2.45, 2.75) is 18.2 Å². The van der Waals surface area contributed by atoms with E-state index < -0.39 is 21.4 Å². The molecule has 3 rings (SSSR count). The summed E-state index contributed by atoms with van der Waals surface area (Å²) in [7, 11) is -4.73. The summed E-state index contributed by atoms with van der Waals surface area (Å²) in [6.45, 7) is 0.0909. The van der Waals surface area contributed by atoms with Crippen LogP contribution in [-0.4, -0.2) is 35.9 Å². The fourth-order valence-corrected chi connectivity index (χ4v) is 2.98. The number of hydrogen-bond donors (Lipinski definition) is 0. The van der Waals surface area contributed by atoms with Crippen LogP contribution in [0.4, 0.5) is 9.70 Å². The molecule has 1 fully saturated rings. The van der Waals surface area contributed by atoms with Gasteiger partial charge in [-0.05, 0) is 12.1 Å². The summed E-state index contributed by atoms with van der Waals surface area (Å²) in [5, 5.41) is 2.75. The maximum absolute atomic E-state index is 13.0. The molecular formula is C12H12FN3O4S. The summed E-state index contributed by atoms with van der Waals surface area (Å²) in [4.78, 5) is 13.1. The van der Waals surface area contributed by atoms with E-state index in [1.165, 1.54) is 22.0 Å². The van der Waals surface area contributed by atoms with Crippen LogP contribution in [-0.2, 0) is 21.6 Å². The van der Waals surface area contributed by atoms with Crippen LogP contribution in [0.1, 0.15) is 12.2 Å². The van der Waals surface area contributed by atoms with Crippen LogP contribution < -0.4 is 4.90 Å². The van der Waals surface area contributed by atoms with Crippen LogP contribution in [0.3, 0.4) is 0 Å². The number of carbonyl (C=O) groups is 1. The van der Waals surface area contributed by atoms with Gasteiger partial charge >= 0.3 is 10.2 Å². The molecule has 0 bridgehead atoms. The summed E-state index contributed by atoms with van der Waals surface area (Å²) in [5.41, 5.74) is 0. The zero-order chi connectivity index (χ0) is 15.0. The normalized spacial score (nSPS) is 19.4. The van der Waals surface area contributed by atoms with Gasteiger partial charge in [-0.15, -0.1) is 3.89 Å². The van der Waals surface area contributed by atoms with Crippen LogP contribution in [0.25, 0.3) is 0 Å². The van der Waals surface area contributed by atoms with Crippen molar-refractivity contribution in [2.24, 2.45) is 0 Å². The van der Waals surface area contributed by atoms with Crippen molar-refractivity contribution in [2.75, 3.05) is 11.4 Å². The second-order valence-electron chi connectivity index (χ2n) is 4.73. The zero-order valence-electron chi connectivity index (χ0n) is 10.8. The zero-order valence-corrected chi connectivity index (χ0v) is 11.7. The molecular weight excluding hydrogens is 301 g/mol. The van der Waals surface area contributed by atoms with Gasteiger partial charge < -0.3 is 4.42 Å². The lowest BCUT2D eigenvalue weighted by molar-refractivity contribution is -0.117. The van der Waals surface area contributed by atoms with Crippen LogP contribution >= 0.6 is 0 Å². The maximum atomic E-state index is 13.0. The molecule has 2 aromatic rings. The lowest BCUT2D eigenvalue weighted by Crippen LogP contribution is -2.29. The van der Waals surface area contributed by atoms with E-state index in [9.17, 15) is 17.1 Å². The first-order valence-electron chi connectivity index (χ1n) is 6.23. The highest BCUT2D eigenvalue weighted by Gasteiger charge is 2.40. The SMILES string of the molecule is O=C1CC(S(=O)(=O)F)CN1c1ccnn1Cc1ccco1. The van der Waals surface area contributed by atoms with Crippen molar-refractivity contribution in [1.29, 1.82) is 0 Å². The quantitative estimate of drug-likeness (QED) is 0.784. The Hall–Kier alpha value is -2.16. The lowest BCUT2D eigenvalue weighted by Gasteiger charge is -2.17. The van der Waals surface area contributed by atoms with Crippen LogP contribution in [0, 0.1) is 0 Å². The lowest BCUT2D eigenvalue weighted by atomic mass is 10.4. The first-order valence-corrected chi connectivity index (χ1v) is 7.68. The second kappa shape index (κ2) is 4.99. The molecule has 0 aliphatic carbocycles. The number of amides is 1. The Morgan fingerprint density at radius 1 is 1.43 bits per heavy atom. The Morgan fingerprint density at radius 2 is 2.24 bits per heavy atom. The first kappa shape index (κ1) is 13.8. The first-order chi connectivity index (χ1) is 9.95. The number of anilines is 1. The number of carbonyl (C=O) groups excluding carboxylic acids is 1. The molecule has 112 valence electrons. The minimum Gasteiger partial charge on any atom is -0.467 e. The number of halogens is 1. The molecule has 1 aliphatic heterocycles. The average molecular weight is 313 g/mol. The third-order valence-corrected chi connectivity index (χ3v) is 4.46. The highest BCUT2D eigenvalue weighted by atomic mass is 32.3. The Bertz CT molecular complexity index is 753. The molecule has 7 nitrogen and oxygen atoms in total. The monoisotopic (exact) mass is 313 g/mol. The van der Waals surface area contributed by atoms with E-state index in [1.54, 1.807) is 18.2 Å². The van der Waals surface area contributed by atoms with Gasteiger partial charge in [0.25, 0.3) is 0 Å². The number of hydrogen-bond acceptors (Lipinski definition) is 5. The van der Waals surface area contributed by atoms with E-state index in [0.29, 0.717) is 18.1 Å². The molecule has 9 heteroatoms. The molecule has 0 spiro atoms. The smallest absolute Gasteiger partial charge is 0.307 e. The molecule has 3 heterocycles. The Labute approximate surface area is 120 Å². The topological polar surface area (TPSA) is 85.4 Å². The molecule has 0 N–H and O–H groups in total. The summed E-state index contributed by atoms with van der Waals surface area (Å²) in [5.74, 6) is 0.617. The minimum absolute atomic E-state index is 0.207. The third-order valence-electron chi connectivity index (χ3n) is 3.34. The number of furan rings is 1. The van der Waals surface area contributed by atoms with E-state index in [1.807, 2.05) is 0 Å². The number of nitrogens with zero attached hydrogens (tertiary/aromatic N) is 3. The van der Waals surface area contributed by atoms with Gasteiger partial charge in [0.2, 0.25) is 5.91 Å². The van der Waals surface area contributed by atoms with Crippen molar-refractivity contribution in [1.82, 2.24) is 9.78 Å². The van der Waals surface area contributed by atoms with Crippen molar-refractivity contribution in [3.63, 3.8) is 0 Å². The number of aromatic nitrogens is 2. The standard InChI is InChI=1S/C12H12FN3O4S/c13-21(18,19)10-6-12(17)15(8-10)11-3-4-14-16(11)7-9-2-1-5-20-9/h1-5,10H,6-8H2. The van der Waals surface area contributed by atoms with E-state index in [-0.39, 0.29) is 13.0 Å². The molecule has 1 amide bonds. The minimum atomic E-state index is -4.73. The predicted octanol–water partition coefficient (Wildman–Crippen LogP) is 0.929. The average Bonchev–Trinajstić information content (AvgIpc) is 3.09. The maximum Gasteiger partial charge on any atom is 0.307 e. The van der Waals surface area contributed by atoms with Gasteiger partial charge in [-0.3, -0.25) is 9.69 Å². The second-order valence-corrected chi connectivity index (χ2v) is 6.35. The molecule has 1 unspecified atom stereocenters. The van der Waals surface area contributed by atoms with Gasteiger partial charge in [0, 0.05) is 19.0 Å². The van der Waals surface area contributed by atoms with E-state index in [2.05, 4.69) is 5.10 Å². The van der Waals surface area contributed by atoms with Crippen molar-refractivity contribution < 1.29 is 21.5 Å². The van der Waals surface area contributed by atoms with Gasteiger partial charge in [-0.2, -0.15) is 13.5 Å². The highest BCUT2D eigenvalue weighted by molar-refractivity contribution is 7.87. The van der Waals surface area contributed by atoms with Crippen molar-refractivity contribution >= 4 is 21.9 Å². The Balaban J connectivity index is 1.85. The van der Waals surface area contributed by atoms with E-state index in [0.717, 1.165) is 0 Å². The van der Waals surface area contributed by atoms with Gasteiger partial charge in [-0.25, -0.2) is 4.68 Å². The molecule has 21 heavy (non-hydrogen) atoms. The van der Waals surface area contributed by atoms with E-state index >= 15 is 0 Å². The van der Waals surface area contributed by atoms with Crippen LogP contribution in [0.15, 0.2) is 35.1 Å². The van der Waals surface area contributed by atoms with Gasteiger partial charge in [0.15, 0.2) is 0 Å². The van der Waals surface area contributed by atoms with Gasteiger partial charge in [0.1, 0.15) is 23.4 Å². The Morgan fingerprint density at radius 3 is 2.86 bits per heavy atom. The van der Waals surface area contributed by atoms with Crippen LogP contribution in [0.5, 0.6) is 0 Å². The molecule has 1 saturated heterocycles. The van der Waals surface area contributed by atoms with E-state index in [4.69, 9.17) is 4.42 Å². The predicted molar refractivity (Wildman–Crippen MR) is 70.8 cm³/mol. The molecule has 1 atom stereocenters. The highest BCUT2D eigenvalue weighted by Crippen LogP contribution is 2.26. The fourth-order valence-electron chi connectivity index (χ4n) is 2.31. The summed E-state index contributed by atoms with van der Waals surface area (Å²) >= 11 is 0. The Kier molecular flexibility index (Phi) is 3.28. The molecule has 1 aliphatic rings. The fraction of sp³-hybridized carbons (Fsp3) is 0.333. The van der Waals surface area contributed by atoms with Gasteiger partial charge in [-0.1, -0.05) is 0 Å². The molecule has 2 aromatic heterocycles. The van der Waals surface area contributed by atoms with Crippen LogP contribution in [0.2, 0.25) is 0 Å². The summed E-state index contributed by atoms with van der Waals surface area (Å²) < 4.78 is 41.7. The van der Waals surface area contributed by atoms with Crippen molar-refractivity contribution in [3.05, 3.63) is 36.4 Å². The summed E-state index contributed by atoms with van der Waals surface area (Å²) in [6, 6.07) is 5.06.